The molecule has 0 atom stereocenters. The maximum Gasteiger partial charge on any atom is 0.188 e. The number of carbonyl (C=O) groups is 1. The number of Topliss-reactive ketones (excluding diaryl/α,β-unsaturated/α-hetero) is 1. The van der Waals surface area contributed by atoms with E-state index >= 15 is 0 Å². The minimum absolute atomic E-state index is 0.0269. The highest BCUT2D eigenvalue weighted by molar-refractivity contribution is 5.97. The molecule has 0 aliphatic rings. The number of rotatable bonds is 5. The maximum atomic E-state index is 12.0. The number of benzene rings is 2. The van der Waals surface area contributed by atoms with Crippen molar-refractivity contribution in [2.45, 2.75) is 20.5 Å². The molecule has 0 radical (unpaired) electrons. The van der Waals surface area contributed by atoms with Crippen LogP contribution in [0.1, 0.15) is 27.0 Å². The van der Waals surface area contributed by atoms with E-state index in [9.17, 15) is 4.79 Å². The molecule has 0 fully saturated rings. The number of ketones is 1. The van der Waals surface area contributed by atoms with E-state index in [1.54, 1.807) is 0 Å². The van der Waals surface area contributed by atoms with Crippen LogP contribution >= 0.6 is 0 Å². The van der Waals surface area contributed by atoms with Crippen LogP contribution < -0.4 is 0 Å². The first kappa shape index (κ1) is 13.5. The summed E-state index contributed by atoms with van der Waals surface area (Å²) < 4.78 is 5.46. The molecule has 0 unspecified atom stereocenters. The van der Waals surface area contributed by atoms with E-state index in [0.717, 1.165) is 16.7 Å². The second kappa shape index (κ2) is 6.30. The van der Waals surface area contributed by atoms with Gasteiger partial charge in [-0.25, -0.2) is 0 Å². The summed E-state index contributed by atoms with van der Waals surface area (Å²) in [4.78, 5) is 12.0. The Labute approximate surface area is 114 Å². The predicted octanol–water partition coefficient (Wildman–Crippen LogP) is 3.70. The number of hydrogen-bond acceptors (Lipinski definition) is 2. The fourth-order valence-electron chi connectivity index (χ4n) is 1.83. The van der Waals surface area contributed by atoms with Crippen LogP contribution in [-0.4, -0.2) is 12.4 Å². The van der Waals surface area contributed by atoms with Gasteiger partial charge in [0.1, 0.15) is 6.61 Å². The van der Waals surface area contributed by atoms with Gasteiger partial charge in [0, 0.05) is 5.56 Å². The SMILES string of the molecule is Cc1ccc(C(=O)COCc2ccccc2)cc1C. The van der Waals surface area contributed by atoms with E-state index in [-0.39, 0.29) is 12.4 Å². The highest BCUT2D eigenvalue weighted by atomic mass is 16.5. The van der Waals surface area contributed by atoms with Crippen LogP contribution in [0.2, 0.25) is 0 Å². The monoisotopic (exact) mass is 254 g/mol. The van der Waals surface area contributed by atoms with Gasteiger partial charge in [-0.2, -0.15) is 0 Å². The van der Waals surface area contributed by atoms with E-state index in [4.69, 9.17) is 4.74 Å². The molecule has 0 saturated heterocycles. The molecule has 98 valence electrons. The fraction of sp³-hybridized carbons (Fsp3) is 0.235. The molecular weight excluding hydrogens is 236 g/mol. The van der Waals surface area contributed by atoms with Crippen molar-refractivity contribution < 1.29 is 9.53 Å². The molecule has 2 rings (SSSR count). The molecule has 0 bridgehead atoms. The third kappa shape index (κ3) is 3.76. The third-order valence-corrected chi connectivity index (χ3v) is 3.17. The van der Waals surface area contributed by atoms with E-state index in [1.807, 2.05) is 62.4 Å². The van der Waals surface area contributed by atoms with Gasteiger partial charge in [0.15, 0.2) is 5.78 Å². The number of aryl methyl sites for hydroxylation is 2. The lowest BCUT2D eigenvalue weighted by molar-refractivity contribution is 0.0726. The Bertz CT molecular complexity index is 559. The first-order valence-corrected chi connectivity index (χ1v) is 6.39. The van der Waals surface area contributed by atoms with Crippen LogP contribution in [0.25, 0.3) is 0 Å². The van der Waals surface area contributed by atoms with Crippen molar-refractivity contribution in [3.8, 4) is 0 Å². The standard InChI is InChI=1S/C17H18O2/c1-13-8-9-16(10-14(13)2)17(18)12-19-11-15-6-4-3-5-7-15/h3-10H,11-12H2,1-2H3. The Morgan fingerprint density at radius 2 is 1.74 bits per heavy atom. The lowest BCUT2D eigenvalue weighted by atomic mass is 10.0. The van der Waals surface area contributed by atoms with Gasteiger partial charge in [-0.15, -0.1) is 0 Å². The van der Waals surface area contributed by atoms with Crippen LogP contribution in [0.5, 0.6) is 0 Å². The second-order valence-electron chi connectivity index (χ2n) is 4.70. The van der Waals surface area contributed by atoms with Crippen LogP contribution in [0.15, 0.2) is 48.5 Å². The average molecular weight is 254 g/mol. The van der Waals surface area contributed by atoms with Crippen molar-refractivity contribution in [3.63, 3.8) is 0 Å². The van der Waals surface area contributed by atoms with Gasteiger partial charge in [-0.05, 0) is 36.6 Å². The lowest BCUT2D eigenvalue weighted by Crippen LogP contribution is -2.09. The van der Waals surface area contributed by atoms with Crippen molar-refractivity contribution in [3.05, 3.63) is 70.8 Å². The molecule has 19 heavy (non-hydrogen) atoms. The Hall–Kier alpha value is -1.93. The van der Waals surface area contributed by atoms with Gasteiger partial charge in [0.2, 0.25) is 0 Å². The van der Waals surface area contributed by atoms with E-state index in [2.05, 4.69) is 0 Å². The van der Waals surface area contributed by atoms with Gasteiger partial charge in [0.25, 0.3) is 0 Å². The lowest BCUT2D eigenvalue weighted by Gasteiger charge is -2.06. The fourth-order valence-corrected chi connectivity index (χ4v) is 1.83. The molecule has 0 aliphatic carbocycles. The summed E-state index contributed by atoms with van der Waals surface area (Å²) in [5.74, 6) is 0.0269. The highest BCUT2D eigenvalue weighted by Gasteiger charge is 2.07. The van der Waals surface area contributed by atoms with Gasteiger partial charge in [-0.3, -0.25) is 4.79 Å². The largest absolute Gasteiger partial charge is 0.369 e. The zero-order valence-electron chi connectivity index (χ0n) is 11.3. The van der Waals surface area contributed by atoms with Crippen molar-refractivity contribution in [2.24, 2.45) is 0 Å². The van der Waals surface area contributed by atoms with Crippen molar-refractivity contribution in [1.82, 2.24) is 0 Å². The van der Waals surface area contributed by atoms with E-state index < -0.39 is 0 Å². The zero-order valence-corrected chi connectivity index (χ0v) is 11.3. The predicted molar refractivity (Wildman–Crippen MR) is 76.3 cm³/mol. The molecule has 0 heterocycles. The van der Waals surface area contributed by atoms with Crippen LogP contribution in [0.4, 0.5) is 0 Å². The van der Waals surface area contributed by atoms with Crippen molar-refractivity contribution in [1.29, 1.82) is 0 Å². The second-order valence-corrected chi connectivity index (χ2v) is 4.70. The minimum Gasteiger partial charge on any atom is -0.369 e. The first-order chi connectivity index (χ1) is 9.16. The topological polar surface area (TPSA) is 26.3 Å². The summed E-state index contributed by atoms with van der Waals surface area (Å²) in [7, 11) is 0. The molecule has 0 amide bonds. The summed E-state index contributed by atoms with van der Waals surface area (Å²) in [6, 6.07) is 15.6. The molecule has 2 heteroatoms. The average Bonchev–Trinajstić information content (AvgIpc) is 2.43. The molecular formula is C17H18O2. The molecule has 0 spiro atoms. The third-order valence-electron chi connectivity index (χ3n) is 3.17. The van der Waals surface area contributed by atoms with Crippen molar-refractivity contribution >= 4 is 5.78 Å². The Morgan fingerprint density at radius 3 is 2.42 bits per heavy atom. The molecule has 0 aliphatic heterocycles. The minimum atomic E-state index is 0.0269. The van der Waals surface area contributed by atoms with Crippen molar-refractivity contribution in [2.75, 3.05) is 6.61 Å². The van der Waals surface area contributed by atoms with Gasteiger partial charge in [-0.1, -0.05) is 42.5 Å². The van der Waals surface area contributed by atoms with Crippen LogP contribution in [-0.2, 0) is 11.3 Å². The summed E-state index contributed by atoms with van der Waals surface area (Å²) in [6.45, 7) is 4.64. The van der Waals surface area contributed by atoms with Gasteiger partial charge < -0.3 is 4.74 Å². The molecule has 2 nitrogen and oxygen atoms in total. The first-order valence-electron chi connectivity index (χ1n) is 6.39. The quantitative estimate of drug-likeness (QED) is 0.760. The summed E-state index contributed by atoms with van der Waals surface area (Å²) >= 11 is 0. The molecule has 2 aromatic rings. The van der Waals surface area contributed by atoms with E-state index in [0.29, 0.717) is 6.61 Å². The Kier molecular flexibility index (Phi) is 4.48. The molecule has 0 saturated carbocycles. The zero-order chi connectivity index (χ0) is 13.7. The molecule has 0 aromatic heterocycles. The Balaban J connectivity index is 1.89. The molecule has 0 N–H and O–H groups in total. The number of carbonyl (C=O) groups excluding carboxylic acids is 1. The normalized spacial score (nSPS) is 10.4. The molecule has 2 aromatic carbocycles. The summed E-state index contributed by atoms with van der Waals surface area (Å²) in [6.07, 6.45) is 0. The highest BCUT2D eigenvalue weighted by Crippen LogP contribution is 2.11. The number of hydrogen-bond donors (Lipinski definition) is 0. The number of ether oxygens (including phenoxy) is 1. The summed E-state index contributed by atoms with van der Waals surface area (Å²) in [5, 5.41) is 0. The summed E-state index contributed by atoms with van der Waals surface area (Å²) in [5.41, 5.74) is 4.13. The van der Waals surface area contributed by atoms with Crippen LogP contribution in [0.3, 0.4) is 0 Å². The van der Waals surface area contributed by atoms with Gasteiger partial charge in [0.05, 0.1) is 6.61 Å². The Morgan fingerprint density at radius 1 is 1.00 bits per heavy atom. The van der Waals surface area contributed by atoms with Gasteiger partial charge >= 0.3 is 0 Å². The van der Waals surface area contributed by atoms with Crippen LogP contribution in [0, 0.1) is 13.8 Å². The smallest absolute Gasteiger partial charge is 0.188 e. The maximum absolute atomic E-state index is 12.0. The van der Waals surface area contributed by atoms with E-state index in [1.165, 1.54) is 5.56 Å².